The van der Waals surface area contributed by atoms with Crippen LogP contribution in [0.2, 0.25) is 5.02 Å². The van der Waals surface area contributed by atoms with Crippen LogP contribution in [-0.2, 0) is 9.59 Å². The van der Waals surface area contributed by atoms with Gasteiger partial charge >= 0.3 is 0 Å². The summed E-state index contributed by atoms with van der Waals surface area (Å²) in [5, 5.41) is 3.64. The van der Waals surface area contributed by atoms with Crippen molar-refractivity contribution in [1.82, 2.24) is 0 Å². The number of carbonyl (C=O) groups excluding carboxylic acids is 2. The zero-order valence-electron chi connectivity index (χ0n) is 18.3. The summed E-state index contributed by atoms with van der Waals surface area (Å²) in [5.74, 6) is -0.522. The Hall–Kier alpha value is -3.57. The minimum absolute atomic E-state index is 0.217. The van der Waals surface area contributed by atoms with Crippen LogP contribution in [0.25, 0.3) is 5.57 Å². The Morgan fingerprint density at radius 2 is 1.62 bits per heavy atom. The van der Waals surface area contributed by atoms with E-state index in [-0.39, 0.29) is 5.70 Å². The van der Waals surface area contributed by atoms with Gasteiger partial charge in [0.05, 0.1) is 18.4 Å². The van der Waals surface area contributed by atoms with Crippen molar-refractivity contribution in [3.63, 3.8) is 0 Å². The van der Waals surface area contributed by atoms with Crippen molar-refractivity contribution >= 4 is 40.4 Å². The van der Waals surface area contributed by atoms with Crippen molar-refractivity contribution < 1.29 is 14.3 Å². The van der Waals surface area contributed by atoms with Gasteiger partial charge in [0.1, 0.15) is 11.4 Å². The molecule has 5 nitrogen and oxygen atoms in total. The molecule has 1 N–H and O–H groups in total. The van der Waals surface area contributed by atoms with Crippen LogP contribution in [-0.4, -0.2) is 18.9 Å². The standard InChI is InChI=1S/C26H23ClN2O3/c1-15-8-10-18(11-9-15)23-24(28-20-7-5-6-16(2)17(20)3)26(31)29(25(23)30)21-14-19(27)12-13-22(21)32-4/h5-14,28H,1-4H3. The van der Waals surface area contributed by atoms with E-state index in [1.54, 1.807) is 18.2 Å². The molecule has 162 valence electrons. The largest absolute Gasteiger partial charge is 0.495 e. The second-order valence-corrected chi connectivity index (χ2v) is 8.19. The number of nitrogens with zero attached hydrogens (tertiary/aromatic N) is 1. The minimum Gasteiger partial charge on any atom is -0.495 e. The van der Waals surface area contributed by atoms with Gasteiger partial charge in [-0.15, -0.1) is 0 Å². The Bertz CT molecular complexity index is 1260. The molecule has 0 atom stereocenters. The van der Waals surface area contributed by atoms with E-state index in [1.165, 1.54) is 7.11 Å². The van der Waals surface area contributed by atoms with Gasteiger partial charge in [0.2, 0.25) is 0 Å². The molecule has 32 heavy (non-hydrogen) atoms. The van der Waals surface area contributed by atoms with Gasteiger partial charge in [0, 0.05) is 10.7 Å². The van der Waals surface area contributed by atoms with Crippen LogP contribution in [0.5, 0.6) is 5.75 Å². The zero-order chi connectivity index (χ0) is 23.0. The highest BCUT2D eigenvalue weighted by atomic mass is 35.5. The van der Waals surface area contributed by atoms with E-state index in [4.69, 9.17) is 16.3 Å². The molecule has 3 aromatic carbocycles. The van der Waals surface area contributed by atoms with E-state index in [2.05, 4.69) is 5.32 Å². The summed E-state index contributed by atoms with van der Waals surface area (Å²) in [6.07, 6.45) is 0. The summed E-state index contributed by atoms with van der Waals surface area (Å²) >= 11 is 6.19. The molecule has 6 heteroatoms. The van der Waals surface area contributed by atoms with Gasteiger partial charge in [-0.2, -0.15) is 0 Å². The zero-order valence-corrected chi connectivity index (χ0v) is 19.1. The number of methoxy groups -OCH3 is 1. The highest BCUT2D eigenvalue weighted by Gasteiger charge is 2.41. The molecule has 1 aliphatic heterocycles. The highest BCUT2D eigenvalue weighted by Crippen LogP contribution is 2.39. The number of anilines is 2. The molecule has 1 aliphatic rings. The van der Waals surface area contributed by atoms with Crippen molar-refractivity contribution in [2.45, 2.75) is 20.8 Å². The van der Waals surface area contributed by atoms with Crippen LogP contribution in [0.4, 0.5) is 11.4 Å². The van der Waals surface area contributed by atoms with Gasteiger partial charge in [-0.3, -0.25) is 9.59 Å². The number of carbonyl (C=O) groups is 2. The maximum absolute atomic E-state index is 13.6. The smallest absolute Gasteiger partial charge is 0.282 e. The quantitative estimate of drug-likeness (QED) is 0.513. The van der Waals surface area contributed by atoms with Crippen LogP contribution in [0.15, 0.2) is 66.4 Å². The molecule has 1 heterocycles. The summed E-state index contributed by atoms with van der Waals surface area (Å²) in [6, 6.07) is 18.2. The minimum atomic E-state index is -0.466. The summed E-state index contributed by atoms with van der Waals surface area (Å²) < 4.78 is 5.41. The van der Waals surface area contributed by atoms with Gasteiger partial charge in [0.25, 0.3) is 11.8 Å². The molecule has 0 fully saturated rings. The van der Waals surface area contributed by atoms with Gasteiger partial charge in [-0.25, -0.2) is 4.90 Å². The first kappa shape index (κ1) is 21.7. The molecular formula is C26H23ClN2O3. The lowest BCUT2D eigenvalue weighted by Gasteiger charge is -2.19. The van der Waals surface area contributed by atoms with Crippen molar-refractivity contribution in [3.05, 3.63) is 93.6 Å². The summed E-state index contributed by atoms with van der Waals surface area (Å²) in [4.78, 5) is 28.4. The summed E-state index contributed by atoms with van der Waals surface area (Å²) in [5.41, 5.74) is 5.39. The first-order valence-electron chi connectivity index (χ1n) is 10.2. The van der Waals surface area contributed by atoms with Gasteiger partial charge < -0.3 is 10.1 Å². The molecule has 0 aromatic heterocycles. The first-order chi connectivity index (χ1) is 15.3. The maximum Gasteiger partial charge on any atom is 0.282 e. The number of benzene rings is 3. The number of hydrogen-bond acceptors (Lipinski definition) is 4. The Kier molecular flexibility index (Phi) is 5.76. The molecule has 0 aliphatic carbocycles. The van der Waals surface area contributed by atoms with E-state index in [0.717, 1.165) is 27.3 Å². The Balaban J connectivity index is 1.88. The average Bonchev–Trinajstić information content (AvgIpc) is 3.01. The lowest BCUT2D eigenvalue weighted by Crippen LogP contribution is -2.32. The van der Waals surface area contributed by atoms with Crippen molar-refractivity contribution in [1.29, 1.82) is 0 Å². The van der Waals surface area contributed by atoms with Gasteiger partial charge in [-0.1, -0.05) is 53.6 Å². The summed E-state index contributed by atoms with van der Waals surface area (Å²) in [6.45, 7) is 5.95. The number of nitrogens with one attached hydrogen (secondary N) is 1. The third-order valence-corrected chi connectivity index (χ3v) is 5.91. The van der Waals surface area contributed by atoms with E-state index < -0.39 is 11.8 Å². The normalized spacial score (nSPS) is 13.7. The third kappa shape index (κ3) is 3.76. The Morgan fingerprint density at radius 3 is 2.31 bits per heavy atom. The number of halogens is 1. The monoisotopic (exact) mass is 446 g/mol. The lowest BCUT2D eigenvalue weighted by molar-refractivity contribution is -0.120. The molecule has 0 spiro atoms. The van der Waals surface area contributed by atoms with Gasteiger partial charge in [-0.05, 0) is 61.7 Å². The SMILES string of the molecule is COc1ccc(Cl)cc1N1C(=O)C(Nc2cccc(C)c2C)=C(c2ccc(C)cc2)C1=O. The second kappa shape index (κ2) is 8.52. The number of imide groups is 1. The molecule has 0 saturated carbocycles. The first-order valence-corrected chi connectivity index (χ1v) is 10.6. The van der Waals surface area contributed by atoms with Crippen molar-refractivity contribution in [2.24, 2.45) is 0 Å². The second-order valence-electron chi connectivity index (χ2n) is 7.75. The van der Waals surface area contributed by atoms with E-state index >= 15 is 0 Å². The Morgan fingerprint density at radius 1 is 0.906 bits per heavy atom. The predicted molar refractivity (Wildman–Crippen MR) is 128 cm³/mol. The molecule has 0 bridgehead atoms. The van der Waals surface area contributed by atoms with Crippen LogP contribution in [0.1, 0.15) is 22.3 Å². The number of hydrogen-bond donors (Lipinski definition) is 1. The molecule has 0 unspecified atom stereocenters. The fraction of sp³-hybridized carbons (Fsp3) is 0.154. The van der Waals surface area contributed by atoms with Gasteiger partial charge in [0.15, 0.2) is 0 Å². The number of ether oxygens (including phenoxy) is 1. The maximum atomic E-state index is 13.6. The molecule has 0 radical (unpaired) electrons. The average molecular weight is 447 g/mol. The molecule has 4 rings (SSSR count). The van der Waals surface area contributed by atoms with Crippen LogP contribution in [0, 0.1) is 20.8 Å². The molecule has 0 saturated heterocycles. The fourth-order valence-corrected chi connectivity index (χ4v) is 3.88. The van der Waals surface area contributed by atoms with Crippen LogP contribution >= 0.6 is 11.6 Å². The van der Waals surface area contributed by atoms with Crippen LogP contribution < -0.4 is 15.0 Å². The number of amides is 2. The van der Waals surface area contributed by atoms with E-state index in [9.17, 15) is 9.59 Å². The van der Waals surface area contributed by atoms with Crippen LogP contribution in [0.3, 0.4) is 0 Å². The van der Waals surface area contributed by atoms with Crippen molar-refractivity contribution in [2.75, 3.05) is 17.3 Å². The van der Waals surface area contributed by atoms with Crippen molar-refractivity contribution in [3.8, 4) is 5.75 Å². The van der Waals surface area contributed by atoms with E-state index in [1.807, 2.05) is 63.2 Å². The summed E-state index contributed by atoms with van der Waals surface area (Å²) in [7, 11) is 1.49. The van der Waals surface area contributed by atoms with E-state index in [0.29, 0.717) is 27.6 Å². The third-order valence-electron chi connectivity index (χ3n) is 5.67. The molecular weight excluding hydrogens is 424 g/mol. The molecule has 2 amide bonds. The number of rotatable bonds is 5. The number of aryl methyl sites for hydroxylation is 2. The Labute approximate surface area is 192 Å². The molecule has 3 aromatic rings. The predicted octanol–water partition coefficient (Wildman–Crippen LogP) is 5.67. The highest BCUT2D eigenvalue weighted by molar-refractivity contribution is 6.46. The topological polar surface area (TPSA) is 58.6 Å². The lowest BCUT2D eigenvalue weighted by atomic mass is 10.0. The fourth-order valence-electron chi connectivity index (χ4n) is 3.71.